The highest BCUT2D eigenvalue weighted by molar-refractivity contribution is 5.75. The van der Waals surface area contributed by atoms with Crippen molar-refractivity contribution in [3.05, 3.63) is 47.5 Å². The summed E-state index contributed by atoms with van der Waals surface area (Å²) in [5, 5.41) is 20.2. The summed E-state index contributed by atoms with van der Waals surface area (Å²) in [5.74, 6) is 0.608. The molecule has 0 amide bonds. The highest BCUT2D eigenvalue weighted by atomic mass is 16.3. The molecule has 0 heterocycles. The van der Waals surface area contributed by atoms with Crippen LogP contribution in [0, 0.1) is 0 Å². The zero-order valence-electron chi connectivity index (χ0n) is 10.8. The maximum Gasteiger partial charge on any atom is 0.123 e. The molecule has 18 heavy (non-hydrogen) atoms. The number of benzene rings is 2. The molecule has 0 spiro atoms. The van der Waals surface area contributed by atoms with Crippen LogP contribution in [0.15, 0.2) is 36.4 Å². The molecule has 2 N–H and O–H groups in total. The van der Waals surface area contributed by atoms with Gasteiger partial charge in [0.1, 0.15) is 11.5 Å². The number of phenols is 2. The minimum absolute atomic E-state index is 0.246. The molecule has 2 aromatic carbocycles. The molecule has 94 valence electrons. The average molecular weight is 242 g/mol. The van der Waals surface area contributed by atoms with Crippen LogP contribution in [-0.2, 0) is 12.8 Å². The molecule has 0 aliphatic carbocycles. The van der Waals surface area contributed by atoms with Crippen LogP contribution < -0.4 is 0 Å². The first-order chi connectivity index (χ1) is 8.69. The maximum absolute atomic E-state index is 10.2. The van der Waals surface area contributed by atoms with Crippen molar-refractivity contribution in [1.29, 1.82) is 0 Å². The van der Waals surface area contributed by atoms with E-state index < -0.39 is 0 Å². The SMILES string of the molecule is CCc1ccc(-c2ccccc2O)c(CC)c1O. The van der Waals surface area contributed by atoms with Gasteiger partial charge in [-0.25, -0.2) is 0 Å². The Morgan fingerprint density at radius 2 is 1.56 bits per heavy atom. The minimum atomic E-state index is 0.246. The van der Waals surface area contributed by atoms with Gasteiger partial charge in [0.15, 0.2) is 0 Å². The fourth-order valence-electron chi connectivity index (χ4n) is 2.28. The first kappa shape index (κ1) is 12.5. The van der Waals surface area contributed by atoms with E-state index in [0.29, 0.717) is 5.75 Å². The van der Waals surface area contributed by atoms with E-state index in [1.54, 1.807) is 12.1 Å². The molecule has 0 bridgehead atoms. The standard InChI is InChI=1S/C16H18O2/c1-3-11-9-10-13(12(4-2)16(11)18)14-7-5-6-8-15(14)17/h5-10,17-18H,3-4H2,1-2H3. The van der Waals surface area contributed by atoms with E-state index in [2.05, 4.69) is 0 Å². The summed E-state index contributed by atoms with van der Waals surface area (Å²) >= 11 is 0. The van der Waals surface area contributed by atoms with E-state index in [9.17, 15) is 10.2 Å². The summed E-state index contributed by atoms with van der Waals surface area (Å²) in [4.78, 5) is 0. The number of para-hydroxylation sites is 1. The number of phenolic OH excluding ortho intramolecular Hbond substituents is 2. The minimum Gasteiger partial charge on any atom is -0.507 e. The van der Waals surface area contributed by atoms with Gasteiger partial charge in [-0.1, -0.05) is 44.2 Å². The lowest BCUT2D eigenvalue weighted by molar-refractivity contribution is 0.462. The van der Waals surface area contributed by atoms with Crippen molar-refractivity contribution in [2.45, 2.75) is 26.7 Å². The molecule has 2 heteroatoms. The summed E-state index contributed by atoms with van der Waals surface area (Å²) in [6.45, 7) is 4.03. The Kier molecular flexibility index (Phi) is 3.56. The second-order valence-corrected chi connectivity index (χ2v) is 4.32. The van der Waals surface area contributed by atoms with Crippen molar-refractivity contribution in [3.63, 3.8) is 0 Å². The normalized spacial score (nSPS) is 10.6. The third-order valence-corrected chi connectivity index (χ3v) is 3.29. The fraction of sp³-hybridized carbons (Fsp3) is 0.250. The van der Waals surface area contributed by atoms with Gasteiger partial charge in [-0.3, -0.25) is 0 Å². The average Bonchev–Trinajstić information content (AvgIpc) is 2.39. The highest BCUT2D eigenvalue weighted by Gasteiger charge is 2.13. The quantitative estimate of drug-likeness (QED) is 0.857. The van der Waals surface area contributed by atoms with Crippen molar-refractivity contribution >= 4 is 0 Å². The van der Waals surface area contributed by atoms with Crippen LogP contribution in [0.2, 0.25) is 0 Å². The summed E-state index contributed by atoms with van der Waals surface area (Å²) in [5.41, 5.74) is 3.53. The van der Waals surface area contributed by atoms with Gasteiger partial charge in [0.2, 0.25) is 0 Å². The highest BCUT2D eigenvalue weighted by Crippen LogP contribution is 2.37. The van der Waals surface area contributed by atoms with Gasteiger partial charge in [-0.2, -0.15) is 0 Å². The molecule has 0 aliphatic heterocycles. The largest absolute Gasteiger partial charge is 0.507 e. The third-order valence-electron chi connectivity index (χ3n) is 3.29. The Labute approximate surface area is 108 Å². The Hall–Kier alpha value is -1.96. The Balaban J connectivity index is 2.66. The van der Waals surface area contributed by atoms with E-state index >= 15 is 0 Å². The lowest BCUT2D eigenvalue weighted by Gasteiger charge is -2.14. The van der Waals surface area contributed by atoms with E-state index in [1.165, 1.54) is 0 Å². The van der Waals surface area contributed by atoms with Crippen molar-refractivity contribution in [2.75, 3.05) is 0 Å². The topological polar surface area (TPSA) is 40.5 Å². The molecule has 0 atom stereocenters. The van der Waals surface area contributed by atoms with Crippen molar-refractivity contribution < 1.29 is 10.2 Å². The van der Waals surface area contributed by atoms with Crippen molar-refractivity contribution in [2.24, 2.45) is 0 Å². The Bertz CT molecular complexity index is 559. The summed E-state index contributed by atoms with van der Waals surface area (Å²) in [6, 6.07) is 11.1. The molecule has 2 aromatic rings. The fourth-order valence-corrected chi connectivity index (χ4v) is 2.28. The van der Waals surface area contributed by atoms with Gasteiger partial charge in [-0.15, -0.1) is 0 Å². The number of hydrogen-bond acceptors (Lipinski definition) is 2. The summed E-state index contributed by atoms with van der Waals surface area (Å²) < 4.78 is 0. The van der Waals surface area contributed by atoms with E-state index in [-0.39, 0.29) is 5.75 Å². The number of aryl methyl sites for hydroxylation is 1. The lowest BCUT2D eigenvalue weighted by atomic mass is 9.93. The van der Waals surface area contributed by atoms with E-state index in [0.717, 1.165) is 35.1 Å². The van der Waals surface area contributed by atoms with Gasteiger partial charge < -0.3 is 10.2 Å². The second-order valence-electron chi connectivity index (χ2n) is 4.32. The van der Waals surface area contributed by atoms with Gasteiger partial charge in [0, 0.05) is 11.1 Å². The van der Waals surface area contributed by atoms with Gasteiger partial charge in [0.05, 0.1) is 0 Å². The van der Waals surface area contributed by atoms with Crippen LogP contribution in [0.25, 0.3) is 11.1 Å². The van der Waals surface area contributed by atoms with Crippen LogP contribution in [0.3, 0.4) is 0 Å². The first-order valence-corrected chi connectivity index (χ1v) is 6.31. The zero-order chi connectivity index (χ0) is 13.1. The summed E-state index contributed by atoms with van der Waals surface area (Å²) in [7, 11) is 0. The van der Waals surface area contributed by atoms with Crippen molar-refractivity contribution in [3.8, 4) is 22.6 Å². The lowest BCUT2D eigenvalue weighted by Crippen LogP contribution is -1.93. The predicted octanol–water partition coefficient (Wildman–Crippen LogP) is 3.89. The van der Waals surface area contributed by atoms with Crippen molar-refractivity contribution in [1.82, 2.24) is 0 Å². The second kappa shape index (κ2) is 5.13. The Morgan fingerprint density at radius 1 is 0.833 bits per heavy atom. The van der Waals surface area contributed by atoms with E-state index in [4.69, 9.17) is 0 Å². The van der Waals surface area contributed by atoms with Crippen LogP contribution in [0.4, 0.5) is 0 Å². The predicted molar refractivity (Wildman–Crippen MR) is 74.0 cm³/mol. The molecule has 0 radical (unpaired) electrons. The van der Waals surface area contributed by atoms with Gasteiger partial charge in [0.25, 0.3) is 0 Å². The monoisotopic (exact) mass is 242 g/mol. The Morgan fingerprint density at radius 3 is 2.17 bits per heavy atom. The van der Waals surface area contributed by atoms with Crippen LogP contribution in [0.5, 0.6) is 11.5 Å². The molecule has 0 aromatic heterocycles. The third kappa shape index (κ3) is 2.06. The van der Waals surface area contributed by atoms with E-state index in [1.807, 2.05) is 38.1 Å². The smallest absolute Gasteiger partial charge is 0.123 e. The molecule has 0 saturated carbocycles. The van der Waals surface area contributed by atoms with Gasteiger partial charge >= 0.3 is 0 Å². The molecule has 2 nitrogen and oxygen atoms in total. The molecule has 0 aliphatic rings. The number of rotatable bonds is 3. The first-order valence-electron chi connectivity index (χ1n) is 6.31. The van der Waals surface area contributed by atoms with Crippen LogP contribution >= 0.6 is 0 Å². The molecule has 0 fully saturated rings. The molecule has 0 saturated heterocycles. The molecular weight excluding hydrogens is 224 g/mol. The maximum atomic E-state index is 10.2. The molecule has 0 unspecified atom stereocenters. The number of hydrogen-bond donors (Lipinski definition) is 2. The van der Waals surface area contributed by atoms with Crippen LogP contribution in [0.1, 0.15) is 25.0 Å². The van der Waals surface area contributed by atoms with Crippen LogP contribution in [-0.4, -0.2) is 10.2 Å². The number of aromatic hydroxyl groups is 2. The molecule has 2 rings (SSSR count). The summed E-state index contributed by atoms with van der Waals surface area (Å²) in [6.07, 6.45) is 1.54. The molecular formula is C16H18O2. The van der Waals surface area contributed by atoms with Gasteiger partial charge in [-0.05, 0) is 30.0 Å². The zero-order valence-corrected chi connectivity index (χ0v) is 10.8.